The number of ether oxygens (including phenoxy) is 2. The molecule has 7 heteroatoms. The maximum absolute atomic E-state index is 12.8. The summed E-state index contributed by atoms with van der Waals surface area (Å²) < 4.78 is 11.4. The number of aliphatic hydroxyl groups excluding tert-OH is 1. The summed E-state index contributed by atoms with van der Waals surface area (Å²) in [6, 6.07) is 8.05. The van der Waals surface area contributed by atoms with Gasteiger partial charge in [-0.15, -0.1) is 0 Å². The first kappa shape index (κ1) is 21.3. The van der Waals surface area contributed by atoms with Gasteiger partial charge in [-0.25, -0.2) is 0 Å². The van der Waals surface area contributed by atoms with E-state index in [1.54, 1.807) is 0 Å². The molecule has 4 rings (SSSR count). The van der Waals surface area contributed by atoms with Crippen LogP contribution in [0.5, 0.6) is 0 Å². The third kappa shape index (κ3) is 5.02. The minimum atomic E-state index is -0.470. The Morgan fingerprint density at radius 1 is 1.10 bits per heavy atom. The summed E-state index contributed by atoms with van der Waals surface area (Å²) in [5, 5.41) is 12.9. The lowest BCUT2D eigenvalue weighted by molar-refractivity contribution is -0.144. The molecule has 0 saturated carbocycles. The van der Waals surface area contributed by atoms with Crippen molar-refractivity contribution in [2.45, 2.75) is 63.3 Å². The smallest absolute Gasteiger partial charge is 0.225 e. The molecule has 2 N–H and O–H groups in total. The van der Waals surface area contributed by atoms with E-state index in [0.717, 1.165) is 25.8 Å². The molecule has 3 aliphatic rings. The van der Waals surface area contributed by atoms with Crippen molar-refractivity contribution in [1.29, 1.82) is 0 Å². The predicted octanol–water partition coefficient (Wildman–Crippen LogP) is 1.41. The Kier molecular flexibility index (Phi) is 7.02. The molecule has 164 valence electrons. The highest BCUT2D eigenvalue weighted by molar-refractivity contribution is 5.79. The number of hydrogen-bond acceptors (Lipinski definition) is 5. The van der Waals surface area contributed by atoms with E-state index in [1.165, 1.54) is 11.1 Å². The summed E-state index contributed by atoms with van der Waals surface area (Å²) >= 11 is 0. The van der Waals surface area contributed by atoms with Crippen LogP contribution in [0.1, 0.15) is 43.2 Å². The number of amides is 2. The van der Waals surface area contributed by atoms with E-state index < -0.39 is 6.10 Å². The van der Waals surface area contributed by atoms with Gasteiger partial charge in [0.05, 0.1) is 25.2 Å². The Morgan fingerprint density at radius 3 is 2.63 bits per heavy atom. The first-order valence-electron chi connectivity index (χ1n) is 11.1. The van der Waals surface area contributed by atoms with Gasteiger partial charge in [-0.05, 0) is 43.2 Å². The summed E-state index contributed by atoms with van der Waals surface area (Å²) in [5.74, 6) is 0.0853. The molecule has 7 nitrogen and oxygen atoms in total. The van der Waals surface area contributed by atoms with E-state index in [-0.39, 0.29) is 36.5 Å². The molecule has 2 amide bonds. The predicted molar refractivity (Wildman–Crippen MR) is 111 cm³/mol. The van der Waals surface area contributed by atoms with Gasteiger partial charge in [0, 0.05) is 32.2 Å². The highest BCUT2D eigenvalue weighted by atomic mass is 16.5. The van der Waals surface area contributed by atoms with Crippen molar-refractivity contribution >= 4 is 11.8 Å². The SMILES string of the molecule is O=C(N[C@H]1CC[C@@H](CC(=O)N2CCc3ccccc3C2)O[C@@H]1CO)C1CCOCC1. The van der Waals surface area contributed by atoms with Crippen LogP contribution < -0.4 is 5.32 Å². The Hall–Kier alpha value is -1.96. The van der Waals surface area contributed by atoms with E-state index in [4.69, 9.17) is 9.47 Å². The highest BCUT2D eigenvalue weighted by Crippen LogP contribution is 2.25. The van der Waals surface area contributed by atoms with E-state index in [9.17, 15) is 14.7 Å². The van der Waals surface area contributed by atoms with Gasteiger partial charge in [0.2, 0.25) is 11.8 Å². The lowest BCUT2D eigenvalue weighted by Crippen LogP contribution is -2.53. The van der Waals surface area contributed by atoms with Crippen LogP contribution in [-0.4, -0.2) is 66.4 Å². The molecule has 0 unspecified atom stereocenters. The molecule has 0 spiro atoms. The van der Waals surface area contributed by atoms with Crippen molar-refractivity contribution < 1.29 is 24.2 Å². The number of hydrogen-bond donors (Lipinski definition) is 2. The van der Waals surface area contributed by atoms with Gasteiger partial charge in [-0.3, -0.25) is 9.59 Å². The molecule has 3 aliphatic heterocycles. The lowest BCUT2D eigenvalue weighted by atomic mass is 9.94. The topological polar surface area (TPSA) is 88.1 Å². The van der Waals surface area contributed by atoms with E-state index in [1.807, 2.05) is 17.0 Å². The number of carbonyl (C=O) groups is 2. The zero-order valence-corrected chi connectivity index (χ0v) is 17.4. The number of fused-ring (bicyclic) bond motifs is 1. The van der Waals surface area contributed by atoms with Crippen molar-refractivity contribution in [2.24, 2.45) is 5.92 Å². The van der Waals surface area contributed by atoms with Gasteiger partial charge >= 0.3 is 0 Å². The Bertz CT molecular complexity index is 749. The van der Waals surface area contributed by atoms with Crippen LogP contribution in [-0.2, 0) is 32.0 Å². The standard InChI is InChI=1S/C23H32N2O5/c26-15-21-20(24-23(28)17-8-11-29-12-9-17)6-5-19(30-21)13-22(27)25-10-7-16-3-1-2-4-18(16)14-25/h1-4,17,19-21,26H,5-15H2,(H,24,28)/t19-,20-,21+/m0/s1. The normalized spacial score (nSPS) is 27.4. The number of rotatable bonds is 5. The summed E-state index contributed by atoms with van der Waals surface area (Å²) in [5.41, 5.74) is 2.53. The quantitative estimate of drug-likeness (QED) is 0.758. The van der Waals surface area contributed by atoms with Crippen LogP contribution >= 0.6 is 0 Å². The molecule has 3 atom stereocenters. The molecule has 1 aromatic carbocycles. The van der Waals surface area contributed by atoms with Crippen LogP contribution in [0, 0.1) is 5.92 Å². The first-order valence-corrected chi connectivity index (χ1v) is 11.1. The molecular weight excluding hydrogens is 384 g/mol. The molecule has 1 aromatic rings. The number of benzene rings is 1. The average molecular weight is 417 g/mol. The van der Waals surface area contributed by atoms with E-state index in [0.29, 0.717) is 39.0 Å². The van der Waals surface area contributed by atoms with Gasteiger partial charge in [-0.1, -0.05) is 24.3 Å². The first-order chi connectivity index (χ1) is 14.6. The Balaban J connectivity index is 1.27. The highest BCUT2D eigenvalue weighted by Gasteiger charge is 2.35. The zero-order chi connectivity index (χ0) is 20.9. The van der Waals surface area contributed by atoms with Gasteiger partial charge in [0.1, 0.15) is 6.10 Å². The fourth-order valence-corrected chi connectivity index (χ4v) is 4.74. The van der Waals surface area contributed by atoms with Crippen LogP contribution in [0.15, 0.2) is 24.3 Å². The second-order valence-corrected chi connectivity index (χ2v) is 8.60. The van der Waals surface area contributed by atoms with Crippen molar-refractivity contribution in [1.82, 2.24) is 10.2 Å². The molecule has 0 aromatic heterocycles. The number of nitrogens with zero attached hydrogens (tertiary/aromatic N) is 1. The van der Waals surface area contributed by atoms with Gasteiger partial charge in [-0.2, -0.15) is 0 Å². The monoisotopic (exact) mass is 416 g/mol. The lowest BCUT2D eigenvalue weighted by Gasteiger charge is -2.38. The van der Waals surface area contributed by atoms with E-state index in [2.05, 4.69) is 17.4 Å². The molecule has 2 fully saturated rings. The van der Waals surface area contributed by atoms with Gasteiger partial charge in [0.25, 0.3) is 0 Å². The number of carbonyl (C=O) groups excluding carboxylic acids is 2. The maximum Gasteiger partial charge on any atom is 0.225 e. The summed E-state index contributed by atoms with van der Waals surface area (Å²) in [6.45, 7) is 2.45. The van der Waals surface area contributed by atoms with Crippen LogP contribution in [0.25, 0.3) is 0 Å². The fraction of sp³-hybridized carbons (Fsp3) is 0.652. The molecule has 3 heterocycles. The van der Waals surface area contributed by atoms with Crippen LogP contribution in [0.4, 0.5) is 0 Å². The van der Waals surface area contributed by atoms with Crippen molar-refractivity contribution in [3.63, 3.8) is 0 Å². The molecule has 0 aliphatic carbocycles. The fourth-order valence-electron chi connectivity index (χ4n) is 4.74. The Morgan fingerprint density at radius 2 is 1.87 bits per heavy atom. The summed E-state index contributed by atoms with van der Waals surface area (Å²) in [6.07, 6.45) is 3.39. The summed E-state index contributed by atoms with van der Waals surface area (Å²) in [7, 11) is 0. The number of aliphatic hydroxyl groups is 1. The number of nitrogens with one attached hydrogen (secondary N) is 1. The molecule has 2 saturated heterocycles. The summed E-state index contributed by atoms with van der Waals surface area (Å²) in [4.78, 5) is 27.3. The third-order valence-electron chi connectivity index (χ3n) is 6.60. The maximum atomic E-state index is 12.8. The van der Waals surface area contributed by atoms with E-state index >= 15 is 0 Å². The largest absolute Gasteiger partial charge is 0.394 e. The minimum absolute atomic E-state index is 0.0202. The second-order valence-electron chi connectivity index (χ2n) is 8.60. The van der Waals surface area contributed by atoms with Crippen LogP contribution in [0.3, 0.4) is 0 Å². The van der Waals surface area contributed by atoms with Crippen molar-refractivity contribution in [3.8, 4) is 0 Å². The molecular formula is C23H32N2O5. The Labute approximate surface area is 177 Å². The second kappa shape index (κ2) is 9.90. The molecule has 0 radical (unpaired) electrons. The van der Waals surface area contributed by atoms with Crippen molar-refractivity contribution in [3.05, 3.63) is 35.4 Å². The molecule has 30 heavy (non-hydrogen) atoms. The zero-order valence-electron chi connectivity index (χ0n) is 17.4. The minimum Gasteiger partial charge on any atom is -0.394 e. The van der Waals surface area contributed by atoms with Gasteiger partial charge in [0.15, 0.2) is 0 Å². The average Bonchev–Trinajstić information content (AvgIpc) is 2.80. The third-order valence-corrected chi connectivity index (χ3v) is 6.60. The van der Waals surface area contributed by atoms with Crippen LogP contribution in [0.2, 0.25) is 0 Å². The van der Waals surface area contributed by atoms with Crippen molar-refractivity contribution in [2.75, 3.05) is 26.4 Å². The van der Waals surface area contributed by atoms with Gasteiger partial charge < -0.3 is 24.8 Å². The molecule has 0 bridgehead atoms.